The van der Waals surface area contributed by atoms with Crippen LogP contribution >= 0.6 is 0 Å². The molecule has 1 nitrogen and oxygen atoms in total. The van der Waals surface area contributed by atoms with Gasteiger partial charge < -0.3 is 4.74 Å². The van der Waals surface area contributed by atoms with E-state index in [9.17, 15) is 4.39 Å². The second kappa shape index (κ2) is 6.93. The molecule has 0 atom stereocenters. The first-order valence-corrected chi connectivity index (χ1v) is 7.45. The number of benzene rings is 3. The monoisotopic (exact) mass is 304 g/mol. The molecule has 0 radical (unpaired) electrons. The molecule has 2 heteroatoms. The largest absolute Gasteiger partial charge is 0.488 e. The molecule has 0 unspecified atom stereocenters. The second-order valence-corrected chi connectivity index (χ2v) is 5.24. The van der Waals surface area contributed by atoms with Gasteiger partial charge in [-0.25, -0.2) is 4.39 Å². The first-order valence-electron chi connectivity index (χ1n) is 7.45. The summed E-state index contributed by atoms with van der Waals surface area (Å²) in [5.74, 6) is 0.520. The summed E-state index contributed by atoms with van der Waals surface area (Å²) in [6.45, 7) is 4.29. The van der Waals surface area contributed by atoms with Crippen LogP contribution in [0.2, 0.25) is 0 Å². The molecule has 0 fully saturated rings. The fraction of sp³-hybridized carbons (Fsp3) is 0.0476. The second-order valence-electron chi connectivity index (χ2n) is 5.24. The lowest BCUT2D eigenvalue weighted by atomic mass is 10.0. The van der Waals surface area contributed by atoms with E-state index in [0.29, 0.717) is 6.61 Å². The maximum Gasteiger partial charge on any atom is 0.127 e. The van der Waals surface area contributed by atoms with Crippen LogP contribution in [0.3, 0.4) is 0 Å². The van der Waals surface area contributed by atoms with Gasteiger partial charge in [-0.2, -0.15) is 0 Å². The van der Waals surface area contributed by atoms with Crippen LogP contribution in [0.5, 0.6) is 5.75 Å². The SMILES string of the molecule is C=Cc1ccc(OCc2ccccc2)c(-c2ccc(F)cc2)c1. The zero-order valence-electron chi connectivity index (χ0n) is 12.7. The van der Waals surface area contributed by atoms with Crippen molar-refractivity contribution in [2.45, 2.75) is 6.61 Å². The Balaban J connectivity index is 1.92. The van der Waals surface area contributed by atoms with Crippen LogP contribution in [-0.4, -0.2) is 0 Å². The van der Waals surface area contributed by atoms with Crippen molar-refractivity contribution in [2.75, 3.05) is 0 Å². The third kappa shape index (κ3) is 3.67. The zero-order valence-corrected chi connectivity index (χ0v) is 12.7. The highest BCUT2D eigenvalue weighted by atomic mass is 19.1. The third-order valence-electron chi connectivity index (χ3n) is 3.63. The maximum atomic E-state index is 13.2. The molecule has 0 spiro atoms. The predicted molar refractivity (Wildman–Crippen MR) is 92.7 cm³/mol. The molecule has 23 heavy (non-hydrogen) atoms. The number of hydrogen-bond donors (Lipinski definition) is 0. The molecule has 0 aliphatic carbocycles. The third-order valence-corrected chi connectivity index (χ3v) is 3.63. The van der Waals surface area contributed by atoms with Crippen molar-refractivity contribution in [3.05, 3.63) is 96.3 Å². The number of halogens is 1. The van der Waals surface area contributed by atoms with Crippen LogP contribution in [0.15, 0.2) is 79.4 Å². The molecule has 0 aliphatic rings. The van der Waals surface area contributed by atoms with Crippen LogP contribution in [-0.2, 0) is 6.61 Å². The van der Waals surface area contributed by atoms with Crippen molar-refractivity contribution in [1.29, 1.82) is 0 Å². The van der Waals surface area contributed by atoms with E-state index in [2.05, 4.69) is 6.58 Å². The molecule has 3 aromatic rings. The molecule has 0 saturated carbocycles. The molecule has 3 aromatic carbocycles. The van der Waals surface area contributed by atoms with Gasteiger partial charge in [-0.05, 0) is 41.0 Å². The van der Waals surface area contributed by atoms with Gasteiger partial charge in [-0.1, -0.05) is 61.2 Å². The van der Waals surface area contributed by atoms with E-state index in [4.69, 9.17) is 4.74 Å². The number of ether oxygens (including phenoxy) is 1. The molecule has 3 rings (SSSR count). The fourth-order valence-electron chi connectivity index (χ4n) is 2.39. The van der Waals surface area contributed by atoms with E-state index in [1.54, 1.807) is 18.2 Å². The minimum absolute atomic E-state index is 0.250. The summed E-state index contributed by atoms with van der Waals surface area (Å²) in [6, 6.07) is 22.3. The van der Waals surface area contributed by atoms with Crippen molar-refractivity contribution in [1.82, 2.24) is 0 Å². The molecule has 0 N–H and O–H groups in total. The Bertz CT molecular complexity index is 792. The molecule has 0 amide bonds. The van der Waals surface area contributed by atoms with E-state index in [-0.39, 0.29) is 5.82 Å². The van der Waals surface area contributed by atoms with Crippen LogP contribution < -0.4 is 4.74 Å². The molecule has 0 aliphatic heterocycles. The topological polar surface area (TPSA) is 9.23 Å². The molecule has 0 heterocycles. The van der Waals surface area contributed by atoms with Crippen LogP contribution in [0.4, 0.5) is 4.39 Å². The Morgan fingerprint density at radius 2 is 1.65 bits per heavy atom. The Kier molecular flexibility index (Phi) is 4.53. The Hall–Kier alpha value is -2.87. The summed E-state index contributed by atoms with van der Waals surface area (Å²) >= 11 is 0. The predicted octanol–water partition coefficient (Wildman–Crippen LogP) is 5.71. The van der Waals surface area contributed by atoms with Gasteiger partial charge in [0.1, 0.15) is 18.2 Å². The van der Waals surface area contributed by atoms with E-state index >= 15 is 0 Å². The van der Waals surface area contributed by atoms with E-state index in [1.807, 2.05) is 48.5 Å². The van der Waals surface area contributed by atoms with Crippen LogP contribution in [0.25, 0.3) is 17.2 Å². The van der Waals surface area contributed by atoms with Gasteiger partial charge in [0.2, 0.25) is 0 Å². The molecular weight excluding hydrogens is 287 g/mol. The van der Waals surface area contributed by atoms with Gasteiger partial charge in [-0.15, -0.1) is 0 Å². The number of rotatable bonds is 5. The summed E-state index contributed by atoms with van der Waals surface area (Å²) in [5, 5.41) is 0. The fourth-order valence-corrected chi connectivity index (χ4v) is 2.39. The standard InChI is InChI=1S/C21H17FO/c1-2-16-8-13-21(23-15-17-6-4-3-5-7-17)20(14-16)18-9-11-19(22)12-10-18/h2-14H,1,15H2. The highest BCUT2D eigenvalue weighted by Gasteiger charge is 2.08. The quantitative estimate of drug-likeness (QED) is 0.586. The smallest absolute Gasteiger partial charge is 0.127 e. The molecule has 0 saturated heterocycles. The van der Waals surface area contributed by atoms with Gasteiger partial charge in [0.05, 0.1) is 0 Å². The normalized spacial score (nSPS) is 10.3. The van der Waals surface area contributed by atoms with Crippen LogP contribution in [0.1, 0.15) is 11.1 Å². The van der Waals surface area contributed by atoms with Gasteiger partial charge in [-0.3, -0.25) is 0 Å². The molecule has 0 bridgehead atoms. The summed E-state index contributed by atoms with van der Waals surface area (Å²) in [7, 11) is 0. The highest BCUT2D eigenvalue weighted by molar-refractivity contribution is 5.73. The van der Waals surface area contributed by atoms with Crippen molar-refractivity contribution < 1.29 is 9.13 Å². The minimum atomic E-state index is -0.250. The van der Waals surface area contributed by atoms with Gasteiger partial charge in [0.25, 0.3) is 0 Å². The molecular formula is C21H17FO. The summed E-state index contributed by atoms with van der Waals surface area (Å²) in [6.07, 6.45) is 1.79. The average molecular weight is 304 g/mol. The highest BCUT2D eigenvalue weighted by Crippen LogP contribution is 2.32. The van der Waals surface area contributed by atoms with Crippen molar-refractivity contribution in [3.8, 4) is 16.9 Å². The van der Waals surface area contributed by atoms with Gasteiger partial charge in [0.15, 0.2) is 0 Å². The van der Waals surface area contributed by atoms with Gasteiger partial charge >= 0.3 is 0 Å². The average Bonchev–Trinajstić information content (AvgIpc) is 2.61. The lowest BCUT2D eigenvalue weighted by Crippen LogP contribution is -1.97. The molecule has 0 aromatic heterocycles. The van der Waals surface area contributed by atoms with E-state index in [1.165, 1.54) is 12.1 Å². The first kappa shape index (κ1) is 15.0. The maximum absolute atomic E-state index is 13.2. The number of hydrogen-bond acceptors (Lipinski definition) is 1. The van der Waals surface area contributed by atoms with Gasteiger partial charge in [0, 0.05) is 5.56 Å². The minimum Gasteiger partial charge on any atom is -0.488 e. The Morgan fingerprint density at radius 3 is 2.35 bits per heavy atom. The molecule has 114 valence electrons. The zero-order chi connectivity index (χ0) is 16.1. The summed E-state index contributed by atoms with van der Waals surface area (Å²) in [5.41, 5.74) is 3.94. The Morgan fingerprint density at radius 1 is 0.913 bits per heavy atom. The summed E-state index contributed by atoms with van der Waals surface area (Å²) in [4.78, 5) is 0. The lowest BCUT2D eigenvalue weighted by molar-refractivity contribution is 0.307. The first-order chi connectivity index (χ1) is 11.3. The summed E-state index contributed by atoms with van der Waals surface area (Å²) < 4.78 is 19.1. The van der Waals surface area contributed by atoms with E-state index < -0.39 is 0 Å². The Labute approximate surface area is 135 Å². The van der Waals surface area contributed by atoms with Crippen molar-refractivity contribution in [2.24, 2.45) is 0 Å². The van der Waals surface area contributed by atoms with Crippen molar-refractivity contribution in [3.63, 3.8) is 0 Å². The van der Waals surface area contributed by atoms with Crippen LogP contribution in [0, 0.1) is 5.82 Å². The van der Waals surface area contributed by atoms with Crippen molar-refractivity contribution >= 4 is 6.08 Å². The van der Waals surface area contributed by atoms with E-state index in [0.717, 1.165) is 28.0 Å². The lowest BCUT2D eigenvalue weighted by Gasteiger charge is -2.13.